The van der Waals surface area contributed by atoms with Gasteiger partial charge in [0, 0.05) is 24.2 Å². The summed E-state index contributed by atoms with van der Waals surface area (Å²) in [6.07, 6.45) is 5.37. The molecule has 0 amide bonds. The zero-order valence-corrected chi connectivity index (χ0v) is 9.91. The molecule has 0 aliphatic carbocycles. The molecule has 0 aliphatic heterocycles. The van der Waals surface area contributed by atoms with Crippen LogP contribution in [0.5, 0.6) is 0 Å². The fraction of sp³-hybridized carbons (Fsp3) is 0.154. The number of hydrogen-bond donors (Lipinski definition) is 0. The highest BCUT2D eigenvalue weighted by Crippen LogP contribution is 2.13. The van der Waals surface area contributed by atoms with Gasteiger partial charge in [-0.3, -0.25) is 4.98 Å². The Morgan fingerprint density at radius 3 is 2.65 bits per heavy atom. The summed E-state index contributed by atoms with van der Waals surface area (Å²) in [6, 6.07) is 9.61. The third-order valence-electron chi connectivity index (χ3n) is 2.16. The summed E-state index contributed by atoms with van der Waals surface area (Å²) in [7, 11) is 0. The first-order valence-corrected chi connectivity index (χ1v) is 5.65. The lowest BCUT2D eigenvalue weighted by Crippen LogP contribution is -1.85. The molecular formula is C13H14N4. The number of nitrogens with zero attached hydrogens (tertiary/aromatic N) is 4. The van der Waals surface area contributed by atoms with Crippen LogP contribution in [0.15, 0.2) is 48.9 Å². The van der Waals surface area contributed by atoms with Crippen molar-refractivity contribution in [2.75, 3.05) is 0 Å². The van der Waals surface area contributed by atoms with Crippen LogP contribution in [0.3, 0.4) is 0 Å². The van der Waals surface area contributed by atoms with Crippen LogP contribution in [0.2, 0.25) is 0 Å². The van der Waals surface area contributed by atoms with Gasteiger partial charge in [0.05, 0.1) is 0 Å². The molecule has 86 valence electrons. The molecule has 4 nitrogen and oxygen atoms in total. The Labute approximate surface area is 100.0 Å². The monoisotopic (exact) mass is 226 g/mol. The van der Waals surface area contributed by atoms with Crippen molar-refractivity contribution < 1.29 is 0 Å². The van der Waals surface area contributed by atoms with Crippen molar-refractivity contribution in [3.8, 4) is 11.4 Å². The van der Waals surface area contributed by atoms with Crippen LogP contribution >= 0.6 is 0 Å². The second kappa shape index (κ2) is 5.21. The van der Waals surface area contributed by atoms with Crippen molar-refractivity contribution in [3.05, 3.63) is 48.9 Å². The lowest BCUT2D eigenvalue weighted by Gasteiger charge is -1.90. The number of fused-ring (bicyclic) bond motifs is 1. The first-order valence-electron chi connectivity index (χ1n) is 5.65. The maximum absolute atomic E-state index is 4.39. The minimum atomic E-state index is 0.703. The topological polar surface area (TPSA) is 43.1 Å². The Bertz CT molecular complexity index is 553. The Morgan fingerprint density at radius 1 is 1.06 bits per heavy atom. The van der Waals surface area contributed by atoms with Gasteiger partial charge in [0.25, 0.3) is 0 Å². The lowest BCUT2D eigenvalue weighted by atomic mass is 10.3. The van der Waals surface area contributed by atoms with Crippen molar-refractivity contribution >= 4 is 5.65 Å². The quantitative estimate of drug-likeness (QED) is 0.640. The second-order valence-electron chi connectivity index (χ2n) is 3.18. The maximum atomic E-state index is 4.39. The van der Waals surface area contributed by atoms with Gasteiger partial charge in [-0.2, -0.15) is 0 Å². The van der Waals surface area contributed by atoms with E-state index in [-0.39, 0.29) is 0 Å². The van der Waals surface area contributed by atoms with E-state index in [0.29, 0.717) is 5.82 Å². The van der Waals surface area contributed by atoms with Crippen molar-refractivity contribution in [2.45, 2.75) is 13.8 Å². The van der Waals surface area contributed by atoms with Crippen molar-refractivity contribution in [3.63, 3.8) is 0 Å². The summed E-state index contributed by atoms with van der Waals surface area (Å²) in [4.78, 5) is 8.44. The average molecular weight is 226 g/mol. The Hall–Kier alpha value is -2.23. The van der Waals surface area contributed by atoms with E-state index in [1.54, 1.807) is 16.9 Å². The fourth-order valence-electron chi connectivity index (χ4n) is 1.45. The summed E-state index contributed by atoms with van der Waals surface area (Å²) in [6.45, 7) is 4.00. The van der Waals surface area contributed by atoms with Gasteiger partial charge >= 0.3 is 0 Å². The standard InChI is InChI=1S/C11H8N4.C2H6/c1-2-7-15-10(5-1)13-11(14-15)9-4-3-6-12-8-9;1-2/h1-8H;1-2H3. The van der Waals surface area contributed by atoms with E-state index in [2.05, 4.69) is 15.1 Å². The average Bonchev–Trinajstić information content (AvgIpc) is 2.86. The van der Waals surface area contributed by atoms with E-state index in [1.165, 1.54) is 0 Å². The number of rotatable bonds is 1. The normalized spacial score (nSPS) is 9.76. The molecule has 0 spiro atoms. The summed E-state index contributed by atoms with van der Waals surface area (Å²) in [5, 5.41) is 4.35. The van der Waals surface area contributed by atoms with Crippen LogP contribution in [0, 0.1) is 0 Å². The third kappa shape index (κ3) is 2.30. The molecule has 3 heterocycles. The van der Waals surface area contributed by atoms with Crippen LogP contribution in [-0.4, -0.2) is 19.6 Å². The van der Waals surface area contributed by atoms with Gasteiger partial charge < -0.3 is 0 Å². The molecule has 3 rings (SSSR count). The summed E-state index contributed by atoms with van der Waals surface area (Å²) >= 11 is 0. The molecule has 0 aliphatic rings. The first kappa shape index (κ1) is 11.3. The van der Waals surface area contributed by atoms with Crippen molar-refractivity contribution in [1.82, 2.24) is 19.6 Å². The van der Waals surface area contributed by atoms with E-state index < -0.39 is 0 Å². The van der Waals surface area contributed by atoms with E-state index in [1.807, 2.05) is 50.4 Å². The first-order chi connectivity index (χ1) is 8.43. The van der Waals surface area contributed by atoms with E-state index in [4.69, 9.17) is 0 Å². The smallest absolute Gasteiger partial charge is 0.183 e. The molecule has 0 fully saturated rings. The van der Waals surface area contributed by atoms with Crippen LogP contribution in [0.1, 0.15) is 13.8 Å². The van der Waals surface area contributed by atoms with E-state index >= 15 is 0 Å². The SMILES string of the molecule is CC.c1cncc(-c2nc3ccccn3n2)c1. The van der Waals surface area contributed by atoms with Crippen molar-refractivity contribution in [1.29, 1.82) is 0 Å². The molecule has 0 saturated heterocycles. The largest absolute Gasteiger partial charge is 0.264 e. The minimum absolute atomic E-state index is 0.703. The van der Waals surface area contributed by atoms with Crippen LogP contribution < -0.4 is 0 Å². The Balaban J connectivity index is 0.000000514. The van der Waals surface area contributed by atoms with Gasteiger partial charge in [-0.15, -0.1) is 5.10 Å². The maximum Gasteiger partial charge on any atom is 0.183 e. The van der Waals surface area contributed by atoms with Gasteiger partial charge in [-0.1, -0.05) is 19.9 Å². The van der Waals surface area contributed by atoms with Crippen molar-refractivity contribution in [2.24, 2.45) is 0 Å². The third-order valence-corrected chi connectivity index (χ3v) is 2.16. The van der Waals surface area contributed by atoms with Gasteiger partial charge in [0.2, 0.25) is 0 Å². The minimum Gasteiger partial charge on any atom is -0.264 e. The molecule has 17 heavy (non-hydrogen) atoms. The molecule has 0 atom stereocenters. The van der Waals surface area contributed by atoms with Gasteiger partial charge in [0.15, 0.2) is 11.5 Å². The van der Waals surface area contributed by atoms with Crippen LogP contribution in [-0.2, 0) is 0 Å². The van der Waals surface area contributed by atoms with Gasteiger partial charge in [-0.05, 0) is 24.3 Å². The molecule has 0 unspecified atom stereocenters. The molecule has 3 aromatic rings. The Morgan fingerprint density at radius 2 is 1.94 bits per heavy atom. The highest BCUT2D eigenvalue weighted by atomic mass is 15.3. The highest BCUT2D eigenvalue weighted by molar-refractivity contribution is 5.56. The lowest BCUT2D eigenvalue weighted by molar-refractivity contribution is 0.965. The fourth-order valence-corrected chi connectivity index (χ4v) is 1.45. The zero-order chi connectivity index (χ0) is 12.1. The molecule has 0 bridgehead atoms. The molecule has 0 radical (unpaired) electrons. The molecule has 4 heteroatoms. The highest BCUT2D eigenvalue weighted by Gasteiger charge is 2.04. The summed E-state index contributed by atoms with van der Waals surface area (Å²) in [5.41, 5.74) is 1.78. The molecule has 0 aromatic carbocycles. The number of pyridine rings is 2. The second-order valence-corrected chi connectivity index (χ2v) is 3.18. The molecule has 0 saturated carbocycles. The van der Waals surface area contributed by atoms with E-state index in [0.717, 1.165) is 11.2 Å². The Kier molecular flexibility index (Phi) is 3.45. The number of aromatic nitrogens is 4. The molecule has 0 N–H and O–H groups in total. The zero-order valence-electron chi connectivity index (χ0n) is 9.91. The van der Waals surface area contributed by atoms with E-state index in [9.17, 15) is 0 Å². The predicted molar refractivity (Wildman–Crippen MR) is 67.6 cm³/mol. The molecule has 3 aromatic heterocycles. The van der Waals surface area contributed by atoms with Gasteiger partial charge in [-0.25, -0.2) is 9.50 Å². The van der Waals surface area contributed by atoms with Crippen LogP contribution in [0.25, 0.3) is 17.0 Å². The molecular weight excluding hydrogens is 212 g/mol. The van der Waals surface area contributed by atoms with Gasteiger partial charge in [0.1, 0.15) is 0 Å². The van der Waals surface area contributed by atoms with Crippen LogP contribution in [0.4, 0.5) is 0 Å². The summed E-state index contributed by atoms with van der Waals surface area (Å²) < 4.78 is 1.75. The summed E-state index contributed by atoms with van der Waals surface area (Å²) in [5.74, 6) is 0.703. The predicted octanol–water partition coefficient (Wildman–Crippen LogP) is 2.82. The number of hydrogen-bond acceptors (Lipinski definition) is 3.